The molecule has 2 saturated heterocycles. The third-order valence-electron chi connectivity index (χ3n) is 18.1. The number of rotatable bonds is 61. The van der Waals surface area contributed by atoms with E-state index in [1.165, 1.54) is 270 Å². The van der Waals surface area contributed by atoms with Crippen LogP contribution in [0.2, 0.25) is 0 Å². The zero-order chi connectivity index (χ0) is 62.3. The molecule has 2 aliphatic heterocycles. The van der Waals surface area contributed by atoms with Gasteiger partial charge in [-0.15, -0.1) is 0 Å². The van der Waals surface area contributed by atoms with Gasteiger partial charge in [0.2, 0.25) is 5.91 Å². The molecule has 9 N–H and O–H groups in total. The first-order chi connectivity index (χ1) is 42.1. The summed E-state index contributed by atoms with van der Waals surface area (Å²) in [4.78, 5) is 13.3. The van der Waals surface area contributed by atoms with Gasteiger partial charge < -0.3 is 65.1 Å². The van der Waals surface area contributed by atoms with Crippen molar-refractivity contribution in [2.45, 2.75) is 408 Å². The number of carbonyl (C=O) groups is 1. The average Bonchev–Trinajstić information content (AvgIpc) is 2.54. The second-order valence-electron chi connectivity index (χ2n) is 26.1. The van der Waals surface area contributed by atoms with Gasteiger partial charge in [-0.05, 0) is 44.9 Å². The van der Waals surface area contributed by atoms with E-state index in [1.807, 2.05) is 6.08 Å². The lowest BCUT2D eigenvalue weighted by Crippen LogP contribution is -2.65. The van der Waals surface area contributed by atoms with E-state index in [1.54, 1.807) is 6.08 Å². The molecule has 12 atom stereocenters. The molecule has 2 heterocycles. The highest BCUT2D eigenvalue weighted by Gasteiger charge is 2.51. The van der Waals surface area contributed by atoms with Crippen LogP contribution in [0.5, 0.6) is 0 Å². The number of carbonyl (C=O) groups excluding carboxylic acids is 1. The molecule has 0 spiro atoms. The maximum atomic E-state index is 13.3. The van der Waals surface area contributed by atoms with Crippen molar-refractivity contribution < 1.29 is 64.6 Å². The first-order valence-electron chi connectivity index (χ1n) is 36.6. The van der Waals surface area contributed by atoms with Gasteiger partial charge in [-0.25, -0.2) is 0 Å². The van der Waals surface area contributed by atoms with Crippen LogP contribution >= 0.6 is 0 Å². The summed E-state index contributed by atoms with van der Waals surface area (Å²) < 4.78 is 22.9. The Morgan fingerprint density at radius 2 is 0.733 bits per heavy atom. The monoisotopic (exact) mass is 1220 g/mol. The molecule has 0 aliphatic carbocycles. The molecule has 86 heavy (non-hydrogen) atoms. The van der Waals surface area contributed by atoms with Crippen molar-refractivity contribution >= 4 is 5.91 Å². The molecule has 2 fully saturated rings. The Hall–Kier alpha value is -1.53. The summed E-state index contributed by atoms with van der Waals surface area (Å²) >= 11 is 0. The summed E-state index contributed by atoms with van der Waals surface area (Å²) in [6.45, 7) is 2.86. The van der Waals surface area contributed by atoms with Crippen LogP contribution in [0, 0.1) is 0 Å². The van der Waals surface area contributed by atoms with E-state index < -0.39 is 86.8 Å². The highest BCUT2D eigenvalue weighted by atomic mass is 16.7. The number of ether oxygens (including phenoxy) is 4. The molecule has 1 amide bonds. The van der Waals surface area contributed by atoms with Gasteiger partial charge in [-0.2, -0.15) is 0 Å². The number of nitrogens with one attached hydrogen (secondary N) is 1. The van der Waals surface area contributed by atoms with Crippen LogP contribution in [0.1, 0.15) is 335 Å². The number of hydrogen-bond donors (Lipinski definition) is 9. The molecular weight excluding hydrogens is 1090 g/mol. The van der Waals surface area contributed by atoms with Crippen molar-refractivity contribution in [2.24, 2.45) is 0 Å². The standard InChI is InChI=1S/C72H137NO13/c1-3-5-7-9-11-13-15-17-19-21-23-25-27-29-30-32-33-35-37-39-41-43-45-47-49-51-53-55-61(76)60(59-83-71-69(82)67(80)70(63(58-75)85-71)86-72-68(81)66(79)65(78)62(57-74)84-72)73-64(77)56-54-52-50-48-46-44-42-40-38-36-34-31-28-26-24-22-20-18-16-14-12-10-8-6-4-2/h22,24,53,55,60-63,65-72,74-76,78-82H,3-21,23,25-52,54,56-59H2,1-2H3,(H,73,77)/b24-22-,55-53+. The smallest absolute Gasteiger partial charge is 0.220 e. The Morgan fingerprint density at radius 1 is 0.407 bits per heavy atom. The summed E-state index contributed by atoms with van der Waals surface area (Å²) in [6, 6.07) is -0.914. The van der Waals surface area contributed by atoms with Gasteiger partial charge in [0.25, 0.3) is 0 Å². The zero-order valence-electron chi connectivity index (χ0n) is 55.3. The predicted molar refractivity (Wildman–Crippen MR) is 351 cm³/mol. The van der Waals surface area contributed by atoms with E-state index >= 15 is 0 Å². The van der Waals surface area contributed by atoms with Crippen LogP contribution in [0.25, 0.3) is 0 Å². The summed E-state index contributed by atoms with van der Waals surface area (Å²) in [5.74, 6) is -0.233. The zero-order valence-corrected chi connectivity index (χ0v) is 55.3. The molecule has 508 valence electrons. The number of aliphatic hydroxyl groups excluding tert-OH is 8. The number of allylic oxidation sites excluding steroid dienone is 3. The van der Waals surface area contributed by atoms with Crippen molar-refractivity contribution in [1.82, 2.24) is 5.32 Å². The van der Waals surface area contributed by atoms with Gasteiger partial charge in [0.1, 0.15) is 48.8 Å². The van der Waals surface area contributed by atoms with Crippen molar-refractivity contribution in [1.29, 1.82) is 0 Å². The Morgan fingerprint density at radius 3 is 1.10 bits per heavy atom. The van der Waals surface area contributed by atoms with Crippen LogP contribution in [-0.2, 0) is 23.7 Å². The molecule has 12 unspecified atom stereocenters. The van der Waals surface area contributed by atoms with Gasteiger partial charge >= 0.3 is 0 Å². The second kappa shape index (κ2) is 57.4. The minimum Gasteiger partial charge on any atom is -0.394 e. The van der Waals surface area contributed by atoms with Crippen molar-refractivity contribution in [3.8, 4) is 0 Å². The van der Waals surface area contributed by atoms with Crippen LogP contribution in [0.15, 0.2) is 24.3 Å². The molecule has 0 aromatic heterocycles. The van der Waals surface area contributed by atoms with E-state index in [-0.39, 0.29) is 18.9 Å². The quantitative estimate of drug-likeness (QED) is 0.0204. The number of unbranched alkanes of at least 4 members (excludes halogenated alkanes) is 46. The lowest BCUT2D eigenvalue weighted by atomic mass is 9.97. The van der Waals surface area contributed by atoms with Crippen molar-refractivity contribution in [3.63, 3.8) is 0 Å². The Balaban J connectivity index is 1.67. The van der Waals surface area contributed by atoms with Crippen LogP contribution in [0.4, 0.5) is 0 Å². The molecule has 0 aromatic carbocycles. The maximum Gasteiger partial charge on any atom is 0.220 e. The molecule has 2 aliphatic rings. The lowest BCUT2D eigenvalue weighted by Gasteiger charge is -2.46. The Kier molecular flexibility index (Phi) is 53.7. The normalized spacial score (nSPS) is 23.5. The van der Waals surface area contributed by atoms with Crippen LogP contribution in [0.3, 0.4) is 0 Å². The largest absolute Gasteiger partial charge is 0.394 e. The number of amides is 1. The second-order valence-corrected chi connectivity index (χ2v) is 26.1. The molecule has 0 saturated carbocycles. The predicted octanol–water partition coefficient (Wildman–Crippen LogP) is 15.1. The number of aliphatic hydroxyl groups is 8. The van der Waals surface area contributed by atoms with E-state index in [0.717, 1.165) is 38.5 Å². The molecular formula is C72H137NO13. The van der Waals surface area contributed by atoms with E-state index in [9.17, 15) is 45.6 Å². The topological polar surface area (TPSA) is 228 Å². The molecule has 2 rings (SSSR count). The van der Waals surface area contributed by atoms with E-state index in [0.29, 0.717) is 6.42 Å². The van der Waals surface area contributed by atoms with E-state index in [4.69, 9.17) is 18.9 Å². The van der Waals surface area contributed by atoms with Crippen molar-refractivity contribution in [3.05, 3.63) is 24.3 Å². The van der Waals surface area contributed by atoms with Gasteiger partial charge in [0, 0.05) is 6.42 Å². The molecule has 14 nitrogen and oxygen atoms in total. The summed E-state index contributed by atoms with van der Waals surface area (Å²) in [5, 5.41) is 87.5. The number of hydrogen-bond acceptors (Lipinski definition) is 13. The molecule has 0 bridgehead atoms. The van der Waals surface area contributed by atoms with Gasteiger partial charge in [0.05, 0.1) is 32.0 Å². The Bertz CT molecular complexity index is 1540. The third kappa shape index (κ3) is 41.1. The van der Waals surface area contributed by atoms with Crippen LogP contribution in [-0.4, -0.2) is 140 Å². The maximum absolute atomic E-state index is 13.3. The third-order valence-corrected chi connectivity index (χ3v) is 18.1. The van der Waals surface area contributed by atoms with Crippen molar-refractivity contribution in [2.75, 3.05) is 19.8 Å². The molecule has 0 radical (unpaired) electrons. The first kappa shape index (κ1) is 80.6. The fourth-order valence-electron chi connectivity index (χ4n) is 12.3. The minimum absolute atomic E-state index is 0.233. The summed E-state index contributed by atoms with van der Waals surface area (Å²) in [7, 11) is 0. The van der Waals surface area contributed by atoms with E-state index in [2.05, 4.69) is 31.3 Å². The summed E-state index contributed by atoms with van der Waals surface area (Å²) in [5.41, 5.74) is 0. The van der Waals surface area contributed by atoms with Gasteiger partial charge in [-0.1, -0.05) is 308 Å². The fraction of sp³-hybridized carbons (Fsp3) is 0.931. The van der Waals surface area contributed by atoms with Gasteiger partial charge in [0.15, 0.2) is 12.6 Å². The average molecular weight is 1220 g/mol. The van der Waals surface area contributed by atoms with Crippen LogP contribution < -0.4 is 5.32 Å². The van der Waals surface area contributed by atoms with Gasteiger partial charge in [-0.3, -0.25) is 4.79 Å². The fourth-order valence-corrected chi connectivity index (χ4v) is 12.3. The minimum atomic E-state index is -1.79. The Labute approximate surface area is 526 Å². The SMILES string of the molecule is CCCCCCCCCC/C=C\CCCCCCCCCCCCCCCC(=O)NC(COC1OC(CO)C(OC2OC(CO)C(O)C(O)C2O)C(O)C1O)C(O)/C=C/CCCCCCCCCCCCCCCCCCCCCCCCCCC. The lowest BCUT2D eigenvalue weighted by molar-refractivity contribution is -0.359. The first-order valence-corrected chi connectivity index (χ1v) is 36.6. The molecule has 14 heteroatoms. The molecule has 0 aromatic rings. The summed E-state index contributed by atoms with van der Waals surface area (Å²) in [6.07, 6.45) is 55.2. The highest BCUT2D eigenvalue weighted by molar-refractivity contribution is 5.76. The highest BCUT2D eigenvalue weighted by Crippen LogP contribution is 2.30.